The van der Waals surface area contributed by atoms with Gasteiger partial charge in [0.15, 0.2) is 0 Å². The van der Waals surface area contributed by atoms with Crippen LogP contribution in [0.1, 0.15) is 26.7 Å². The maximum Gasteiger partial charge on any atom is 0.216 e. The molecule has 1 amide bonds. The summed E-state index contributed by atoms with van der Waals surface area (Å²) in [5.41, 5.74) is 0. The normalized spacial score (nSPS) is 14.7. The monoisotopic (exact) mass is 187 g/mol. The van der Waals surface area contributed by atoms with Gasteiger partial charge in [-0.25, -0.2) is 4.39 Å². The van der Waals surface area contributed by atoms with Crippen molar-refractivity contribution < 1.29 is 9.18 Å². The van der Waals surface area contributed by atoms with Crippen molar-refractivity contribution in [1.29, 1.82) is 0 Å². The third kappa shape index (κ3) is 7.50. The van der Waals surface area contributed by atoms with Crippen molar-refractivity contribution in [2.24, 2.45) is 5.92 Å². The highest BCUT2D eigenvalue weighted by atomic mass is 19.1. The second-order valence-corrected chi connectivity index (χ2v) is 3.40. The van der Waals surface area contributed by atoms with E-state index < -0.39 is 6.17 Å². The zero-order valence-electron chi connectivity index (χ0n) is 8.35. The van der Waals surface area contributed by atoms with Crippen molar-refractivity contribution in [1.82, 2.24) is 5.32 Å². The van der Waals surface area contributed by atoms with Gasteiger partial charge in [-0.3, -0.25) is 4.79 Å². The van der Waals surface area contributed by atoms with Crippen LogP contribution < -0.4 is 5.32 Å². The van der Waals surface area contributed by atoms with Crippen LogP contribution in [0.4, 0.5) is 4.39 Å². The molecule has 2 nitrogen and oxygen atoms in total. The third-order valence-corrected chi connectivity index (χ3v) is 1.80. The fourth-order valence-electron chi connectivity index (χ4n) is 1.16. The Hall–Kier alpha value is -0.860. The van der Waals surface area contributed by atoms with Crippen LogP contribution in [0, 0.1) is 5.92 Å². The molecule has 76 valence electrons. The summed E-state index contributed by atoms with van der Waals surface area (Å²) in [5, 5.41) is 2.45. The van der Waals surface area contributed by atoms with Crippen LogP contribution in [0.15, 0.2) is 12.7 Å². The van der Waals surface area contributed by atoms with Crippen LogP contribution in [0.2, 0.25) is 0 Å². The van der Waals surface area contributed by atoms with Crippen LogP contribution in [0.3, 0.4) is 0 Å². The van der Waals surface area contributed by atoms with Gasteiger partial charge in [0.05, 0.1) is 0 Å². The molecule has 0 saturated carbocycles. The zero-order valence-corrected chi connectivity index (χ0v) is 8.35. The first kappa shape index (κ1) is 12.1. The molecule has 0 saturated heterocycles. The molecule has 0 fully saturated rings. The Balaban J connectivity index is 3.54. The lowest BCUT2D eigenvalue weighted by Gasteiger charge is -2.12. The molecule has 1 N–H and O–H groups in total. The van der Waals surface area contributed by atoms with Crippen molar-refractivity contribution in [3.05, 3.63) is 12.7 Å². The van der Waals surface area contributed by atoms with Gasteiger partial charge in [0.2, 0.25) is 5.91 Å². The average molecular weight is 187 g/mol. The van der Waals surface area contributed by atoms with Crippen molar-refractivity contribution in [2.75, 3.05) is 6.54 Å². The Bertz CT molecular complexity index is 170. The Morgan fingerprint density at radius 3 is 2.77 bits per heavy atom. The summed E-state index contributed by atoms with van der Waals surface area (Å²) in [6, 6.07) is 0. The van der Waals surface area contributed by atoms with Crippen molar-refractivity contribution in [3.63, 3.8) is 0 Å². The Kier molecular flexibility index (Phi) is 6.20. The molecule has 0 aliphatic heterocycles. The molecule has 0 aromatic carbocycles. The number of rotatable bonds is 6. The molecule has 0 aliphatic carbocycles. The highest BCUT2D eigenvalue weighted by molar-refractivity contribution is 5.72. The number of halogens is 1. The highest BCUT2D eigenvalue weighted by Crippen LogP contribution is 2.12. The van der Waals surface area contributed by atoms with E-state index in [4.69, 9.17) is 0 Å². The number of carbonyl (C=O) groups is 1. The van der Waals surface area contributed by atoms with Gasteiger partial charge in [-0.05, 0) is 18.8 Å². The van der Waals surface area contributed by atoms with Crippen LogP contribution in [-0.4, -0.2) is 18.6 Å². The summed E-state index contributed by atoms with van der Waals surface area (Å²) in [5.74, 6) is 0.111. The number of carbonyl (C=O) groups excluding carboxylic acids is 1. The van der Waals surface area contributed by atoms with E-state index in [9.17, 15) is 9.18 Å². The first-order valence-electron chi connectivity index (χ1n) is 4.55. The second kappa shape index (κ2) is 6.63. The molecule has 3 heteroatoms. The molecular formula is C10H18FNO. The molecule has 0 bridgehead atoms. The number of hydrogen-bond donors (Lipinski definition) is 1. The largest absolute Gasteiger partial charge is 0.353 e. The van der Waals surface area contributed by atoms with Gasteiger partial charge in [-0.15, -0.1) is 6.58 Å². The minimum Gasteiger partial charge on any atom is -0.353 e. The molecule has 0 heterocycles. The standard InChI is InChI=1S/C10H18FNO/c1-4-5-8(2)6-10(11)7-12-9(3)13/h4,8,10H,1,5-7H2,2-3H3,(H,12,13). The van der Waals surface area contributed by atoms with Gasteiger partial charge in [0, 0.05) is 13.5 Å². The van der Waals surface area contributed by atoms with Crippen molar-refractivity contribution in [3.8, 4) is 0 Å². The molecular weight excluding hydrogens is 169 g/mol. The van der Waals surface area contributed by atoms with Crippen LogP contribution in [0.25, 0.3) is 0 Å². The van der Waals surface area contributed by atoms with Crippen molar-refractivity contribution in [2.45, 2.75) is 32.9 Å². The van der Waals surface area contributed by atoms with Gasteiger partial charge in [0.1, 0.15) is 6.17 Å². The lowest BCUT2D eigenvalue weighted by molar-refractivity contribution is -0.119. The first-order valence-corrected chi connectivity index (χ1v) is 4.55. The highest BCUT2D eigenvalue weighted by Gasteiger charge is 2.11. The summed E-state index contributed by atoms with van der Waals surface area (Å²) < 4.78 is 13.1. The molecule has 0 rings (SSSR count). The molecule has 0 spiro atoms. The molecule has 0 aromatic heterocycles. The molecule has 2 atom stereocenters. The predicted molar refractivity (Wildman–Crippen MR) is 52.2 cm³/mol. The number of alkyl halides is 1. The van der Waals surface area contributed by atoms with E-state index in [-0.39, 0.29) is 12.5 Å². The van der Waals surface area contributed by atoms with Gasteiger partial charge < -0.3 is 5.32 Å². The van der Waals surface area contributed by atoms with Gasteiger partial charge in [-0.1, -0.05) is 13.0 Å². The van der Waals surface area contributed by atoms with E-state index in [0.717, 1.165) is 6.42 Å². The first-order chi connectivity index (χ1) is 6.06. The summed E-state index contributed by atoms with van der Waals surface area (Å²) in [6.07, 6.45) is 2.14. The van der Waals surface area contributed by atoms with E-state index in [1.807, 2.05) is 6.92 Å². The van der Waals surface area contributed by atoms with E-state index in [2.05, 4.69) is 11.9 Å². The Morgan fingerprint density at radius 1 is 1.69 bits per heavy atom. The molecule has 0 radical (unpaired) electrons. The summed E-state index contributed by atoms with van der Waals surface area (Å²) in [7, 11) is 0. The quantitative estimate of drug-likeness (QED) is 0.634. The number of amides is 1. The maximum absolute atomic E-state index is 13.1. The van der Waals surface area contributed by atoms with Crippen molar-refractivity contribution >= 4 is 5.91 Å². The third-order valence-electron chi connectivity index (χ3n) is 1.80. The predicted octanol–water partition coefficient (Wildman–Crippen LogP) is 2.06. The Labute approximate surface area is 79.2 Å². The van der Waals surface area contributed by atoms with Crippen LogP contribution in [0.5, 0.6) is 0 Å². The number of hydrogen-bond acceptors (Lipinski definition) is 1. The summed E-state index contributed by atoms with van der Waals surface area (Å²) >= 11 is 0. The topological polar surface area (TPSA) is 29.1 Å². The number of nitrogens with one attached hydrogen (secondary N) is 1. The molecule has 13 heavy (non-hydrogen) atoms. The van der Waals surface area contributed by atoms with E-state index in [0.29, 0.717) is 12.3 Å². The Morgan fingerprint density at radius 2 is 2.31 bits per heavy atom. The SMILES string of the molecule is C=CCC(C)CC(F)CNC(C)=O. The average Bonchev–Trinajstić information content (AvgIpc) is 2.01. The minimum absolute atomic E-state index is 0.122. The fourth-order valence-corrected chi connectivity index (χ4v) is 1.16. The lowest BCUT2D eigenvalue weighted by Crippen LogP contribution is -2.28. The lowest BCUT2D eigenvalue weighted by atomic mass is 10.0. The summed E-state index contributed by atoms with van der Waals surface area (Å²) in [4.78, 5) is 10.5. The van der Waals surface area contributed by atoms with Crippen LogP contribution >= 0.6 is 0 Å². The minimum atomic E-state index is -0.946. The zero-order chi connectivity index (χ0) is 10.3. The number of allylic oxidation sites excluding steroid dienone is 1. The second-order valence-electron chi connectivity index (χ2n) is 3.40. The van der Waals surface area contributed by atoms with Gasteiger partial charge >= 0.3 is 0 Å². The molecule has 0 aromatic rings. The summed E-state index contributed by atoms with van der Waals surface area (Å²) in [6.45, 7) is 7.07. The van der Waals surface area contributed by atoms with Gasteiger partial charge in [0.25, 0.3) is 0 Å². The van der Waals surface area contributed by atoms with E-state index >= 15 is 0 Å². The van der Waals surface area contributed by atoms with E-state index in [1.165, 1.54) is 6.92 Å². The van der Waals surface area contributed by atoms with Crippen LogP contribution in [-0.2, 0) is 4.79 Å². The molecule has 2 unspecified atom stereocenters. The fraction of sp³-hybridized carbons (Fsp3) is 0.700. The van der Waals surface area contributed by atoms with E-state index in [1.54, 1.807) is 6.08 Å². The maximum atomic E-state index is 13.1. The molecule has 0 aliphatic rings. The van der Waals surface area contributed by atoms with Gasteiger partial charge in [-0.2, -0.15) is 0 Å². The smallest absolute Gasteiger partial charge is 0.216 e.